The van der Waals surface area contributed by atoms with Crippen molar-refractivity contribution < 1.29 is 9.90 Å². The monoisotopic (exact) mass is 260 g/mol. The van der Waals surface area contributed by atoms with Crippen LogP contribution in [0.15, 0.2) is 24.3 Å². The molecule has 102 valence electrons. The third-order valence-electron chi connectivity index (χ3n) is 4.35. The molecule has 0 unspecified atom stereocenters. The Morgan fingerprint density at radius 3 is 2.58 bits per heavy atom. The lowest BCUT2D eigenvalue weighted by atomic mass is 10.0. The van der Waals surface area contributed by atoms with Crippen LogP contribution >= 0.6 is 0 Å². The zero-order chi connectivity index (χ0) is 13.5. The Morgan fingerprint density at radius 1 is 1.26 bits per heavy atom. The molecule has 0 atom stereocenters. The average molecular weight is 260 g/mol. The van der Waals surface area contributed by atoms with Crippen molar-refractivity contribution in [2.45, 2.75) is 19.3 Å². The van der Waals surface area contributed by atoms with E-state index in [2.05, 4.69) is 41.1 Å². The molecule has 1 aliphatic carbocycles. The SMILES string of the molecule is CN1CCN(CC2(CC(=O)O)CC2)c2ccccc21. The van der Waals surface area contributed by atoms with Crippen LogP contribution in [-0.2, 0) is 4.79 Å². The lowest BCUT2D eigenvalue weighted by Crippen LogP contribution is -2.42. The summed E-state index contributed by atoms with van der Waals surface area (Å²) in [6.45, 7) is 2.86. The summed E-state index contributed by atoms with van der Waals surface area (Å²) in [6, 6.07) is 8.39. The lowest BCUT2D eigenvalue weighted by molar-refractivity contribution is -0.138. The first-order valence-corrected chi connectivity index (χ1v) is 6.87. The molecule has 1 fully saturated rings. The Labute approximate surface area is 113 Å². The highest BCUT2D eigenvalue weighted by Crippen LogP contribution is 2.50. The van der Waals surface area contributed by atoms with E-state index in [-0.39, 0.29) is 5.41 Å². The standard InChI is InChI=1S/C15H20N2O2/c1-16-8-9-17(13-5-3-2-4-12(13)16)11-15(6-7-15)10-14(18)19/h2-5H,6-11H2,1H3,(H,18,19). The highest BCUT2D eigenvalue weighted by Gasteiger charge is 2.46. The molecule has 0 spiro atoms. The maximum absolute atomic E-state index is 11.0. The topological polar surface area (TPSA) is 43.8 Å². The summed E-state index contributed by atoms with van der Waals surface area (Å²) in [7, 11) is 2.11. The highest BCUT2D eigenvalue weighted by atomic mass is 16.4. The van der Waals surface area contributed by atoms with E-state index in [0.29, 0.717) is 6.42 Å². The smallest absolute Gasteiger partial charge is 0.303 e. The Kier molecular flexibility index (Phi) is 2.88. The van der Waals surface area contributed by atoms with Gasteiger partial charge in [-0.25, -0.2) is 0 Å². The second-order valence-electron chi connectivity index (χ2n) is 5.90. The van der Waals surface area contributed by atoms with E-state index < -0.39 is 5.97 Å². The first-order chi connectivity index (χ1) is 9.10. The number of para-hydroxylation sites is 2. The van der Waals surface area contributed by atoms with Crippen molar-refractivity contribution in [2.24, 2.45) is 5.41 Å². The normalized spacial score (nSPS) is 20.1. The molecule has 0 bridgehead atoms. The van der Waals surface area contributed by atoms with Gasteiger partial charge in [-0.15, -0.1) is 0 Å². The van der Waals surface area contributed by atoms with E-state index in [9.17, 15) is 4.79 Å². The van der Waals surface area contributed by atoms with E-state index in [1.165, 1.54) is 11.4 Å². The third-order valence-corrected chi connectivity index (χ3v) is 4.35. The number of carbonyl (C=O) groups is 1. The molecule has 1 heterocycles. The van der Waals surface area contributed by atoms with Gasteiger partial charge >= 0.3 is 5.97 Å². The van der Waals surface area contributed by atoms with Crippen molar-refractivity contribution in [3.05, 3.63) is 24.3 Å². The number of likely N-dealkylation sites (N-methyl/N-ethyl adjacent to an activating group) is 1. The molecule has 1 N–H and O–H groups in total. The number of nitrogens with zero attached hydrogens (tertiary/aromatic N) is 2. The minimum Gasteiger partial charge on any atom is -0.481 e. The second-order valence-corrected chi connectivity index (χ2v) is 5.90. The molecule has 2 aliphatic rings. The predicted molar refractivity (Wildman–Crippen MR) is 75.8 cm³/mol. The zero-order valence-electron chi connectivity index (χ0n) is 11.3. The molecule has 0 amide bonds. The van der Waals surface area contributed by atoms with Crippen molar-refractivity contribution in [3.8, 4) is 0 Å². The molecule has 4 heteroatoms. The van der Waals surface area contributed by atoms with Gasteiger partial charge in [-0.2, -0.15) is 0 Å². The number of carboxylic acids is 1. The van der Waals surface area contributed by atoms with Crippen LogP contribution in [0, 0.1) is 5.41 Å². The van der Waals surface area contributed by atoms with Gasteiger partial charge in [0.05, 0.1) is 17.8 Å². The summed E-state index contributed by atoms with van der Waals surface area (Å²) < 4.78 is 0. The fourth-order valence-corrected chi connectivity index (χ4v) is 3.02. The molecule has 0 radical (unpaired) electrons. The molecule has 0 saturated heterocycles. The summed E-state index contributed by atoms with van der Waals surface area (Å²) in [6.07, 6.45) is 2.41. The Morgan fingerprint density at radius 2 is 1.95 bits per heavy atom. The largest absolute Gasteiger partial charge is 0.481 e. The molecule has 19 heavy (non-hydrogen) atoms. The van der Waals surface area contributed by atoms with Gasteiger partial charge in [0.1, 0.15) is 0 Å². The van der Waals surface area contributed by atoms with Gasteiger partial charge in [0.2, 0.25) is 0 Å². The minimum absolute atomic E-state index is 0.0227. The number of fused-ring (bicyclic) bond motifs is 1. The predicted octanol–water partition coefficient (Wildman–Crippen LogP) is 2.20. The zero-order valence-corrected chi connectivity index (χ0v) is 11.3. The van der Waals surface area contributed by atoms with Gasteiger partial charge in [-0.1, -0.05) is 12.1 Å². The van der Waals surface area contributed by atoms with Gasteiger partial charge in [0.15, 0.2) is 0 Å². The van der Waals surface area contributed by atoms with Gasteiger partial charge < -0.3 is 14.9 Å². The van der Waals surface area contributed by atoms with E-state index in [4.69, 9.17) is 5.11 Å². The molecule has 4 nitrogen and oxygen atoms in total. The van der Waals surface area contributed by atoms with Crippen molar-refractivity contribution in [1.29, 1.82) is 0 Å². The van der Waals surface area contributed by atoms with Crippen LogP contribution in [0.5, 0.6) is 0 Å². The van der Waals surface area contributed by atoms with Crippen LogP contribution in [0.3, 0.4) is 0 Å². The fraction of sp³-hybridized carbons (Fsp3) is 0.533. The summed E-state index contributed by atoms with van der Waals surface area (Å²) in [5.74, 6) is -0.667. The lowest BCUT2D eigenvalue weighted by Gasteiger charge is -2.38. The van der Waals surface area contributed by atoms with Crippen LogP contribution in [0.25, 0.3) is 0 Å². The molecule has 0 aromatic heterocycles. The van der Waals surface area contributed by atoms with E-state index in [1.807, 2.05) is 0 Å². The maximum atomic E-state index is 11.0. The number of anilines is 2. The van der Waals surface area contributed by atoms with E-state index >= 15 is 0 Å². The fourth-order valence-electron chi connectivity index (χ4n) is 3.02. The number of hydrogen-bond donors (Lipinski definition) is 1. The molecular formula is C15H20N2O2. The third kappa shape index (κ3) is 2.39. The number of benzene rings is 1. The number of hydrogen-bond acceptors (Lipinski definition) is 3. The van der Waals surface area contributed by atoms with Gasteiger partial charge in [-0.05, 0) is 30.4 Å². The molecule has 1 aromatic carbocycles. The van der Waals surface area contributed by atoms with Crippen molar-refractivity contribution >= 4 is 17.3 Å². The van der Waals surface area contributed by atoms with Gasteiger partial charge in [-0.3, -0.25) is 4.79 Å². The van der Waals surface area contributed by atoms with Crippen molar-refractivity contribution in [1.82, 2.24) is 0 Å². The Hall–Kier alpha value is -1.71. The molecule has 3 rings (SSSR count). The van der Waals surface area contributed by atoms with Crippen LogP contribution in [-0.4, -0.2) is 37.8 Å². The Balaban J connectivity index is 1.80. The summed E-state index contributed by atoms with van der Waals surface area (Å²) >= 11 is 0. The first-order valence-electron chi connectivity index (χ1n) is 6.87. The molecule has 1 aliphatic heterocycles. The quantitative estimate of drug-likeness (QED) is 0.901. The van der Waals surface area contributed by atoms with Crippen molar-refractivity contribution in [3.63, 3.8) is 0 Å². The molecule has 1 aromatic rings. The highest BCUT2D eigenvalue weighted by molar-refractivity contribution is 5.73. The van der Waals surface area contributed by atoms with Crippen molar-refractivity contribution in [2.75, 3.05) is 36.5 Å². The Bertz CT molecular complexity index is 497. The second kappa shape index (κ2) is 4.44. The van der Waals surface area contributed by atoms with E-state index in [1.54, 1.807) is 0 Å². The summed E-state index contributed by atoms with van der Waals surface area (Å²) in [5.41, 5.74) is 2.52. The molecular weight excluding hydrogens is 240 g/mol. The van der Waals surface area contributed by atoms with Gasteiger partial charge in [0, 0.05) is 26.7 Å². The number of carboxylic acid groups (broad SMARTS) is 1. The van der Waals surface area contributed by atoms with Crippen LogP contribution in [0.2, 0.25) is 0 Å². The molecule has 1 saturated carbocycles. The number of rotatable bonds is 4. The van der Waals surface area contributed by atoms with Gasteiger partial charge in [0.25, 0.3) is 0 Å². The first kappa shape index (κ1) is 12.3. The van der Waals surface area contributed by atoms with Crippen LogP contribution in [0.4, 0.5) is 11.4 Å². The summed E-state index contributed by atoms with van der Waals surface area (Å²) in [4.78, 5) is 15.6. The minimum atomic E-state index is -0.667. The summed E-state index contributed by atoms with van der Waals surface area (Å²) in [5, 5.41) is 9.03. The van der Waals surface area contributed by atoms with E-state index in [0.717, 1.165) is 32.5 Å². The number of aliphatic carboxylic acids is 1. The maximum Gasteiger partial charge on any atom is 0.303 e. The van der Waals surface area contributed by atoms with Crippen LogP contribution in [0.1, 0.15) is 19.3 Å². The van der Waals surface area contributed by atoms with Crippen LogP contribution < -0.4 is 9.80 Å². The average Bonchev–Trinajstić information content (AvgIpc) is 3.12.